The van der Waals surface area contributed by atoms with Crippen LogP contribution < -0.4 is 14.4 Å². The quantitative estimate of drug-likeness (QED) is 0.0656. The number of nitrogens with one attached hydrogen (secondary N) is 1. The number of aryl methyl sites for hydroxylation is 1. The van der Waals surface area contributed by atoms with Gasteiger partial charge >= 0.3 is 14.7 Å². The first-order chi connectivity index (χ1) is 20.5. The number of unbranched alkanes of at least 4 members (excludes halogenated alkanes) is 13. The molecular formula is C32H54N2O6PS+. The minimum atomic E-state index is -2.16. The number of nitrogens with zero attached hydrogens (tertiary/aromatic N) is 1. The van der Waals surface area contributed by atoms with E-state index >= 15 is 0 Å². The maximum absolute atomic E-state index is 12.0. The molecule has 0 saturated carbocycles. The Hall–Kier alpha value is -1.77. The minimum Gasteiger partial charge on any atom is -0.447 e. The number of rotatable bonds is 25. The number of hydrogen-bond acceptors (Lipinski definition) is 7. The molecule has 0 aliphatic rings. The third-order valence-electron chi connectivity index (χ3n) is 7.07. The molecule has 0 radical (unpaired) electrons. The Morgan fingerprint density at radius 1 is 0.976 bits per heavy atom. The summed E-state index contributed by atoms with van der Waals surface area (Å²) in [6, 6.07) is 7.56. The number of hydrogen-bond donors (Lipinski definition) is 2. The Bertz CT molecular complexity index is 963. The van der Waals surface area contributed by atoms with Crippen LogP contribution in [0.5, 0.6) is 5.75 Å². The molecule has 238 valence electrons. The van der Waals surface area contributed by atoms with E-state index in [1.165, 1.54) is 89.0 Å². The van der Waals surface area contributed by atoms with Crippen LogP contribution in [0, 0.1) is 6.92 Å². The van der Waals surface area contributed by atoms with Gasteiger partial charge in [-0.05, 0) is 25.5 Å². The lowest BCUT2D eigenvalue weighted by Crippen LogP contribution is -2.31. The first kappa shape index (κ1) is 36.4. The van der Waals surface area contributed by atoms with Crippen molar-refractivity contribution in [3.8, 4) is 5.75 Å². The second-order valence-corrected chi connectivity index (χ2v) is 12.9. The van der Waals surface area contributed by atoms with E-state index in [9.17, 15) is 9.69 Å². The number of ether oxygens (including phenoxy) is 2. The van der Waals surface area contributed by atoms with Gasteiger partial charge in [-0.25, -0.2) is 4.79 Å². The van der Waals surface area contributed by atoms with Gasteiger partial charge in [0, 0.05) is 19.2 Å². The molecule has 8 nitrogen and oxygen atoms in total. The van der Waals surface area contributed by atoms with E-state index < -0.39 is 20.8 Å². The Kier molecular flexibility index (Phi) is 20.5. The number of methoxy groups -OCH3 is 1. The van der Waals surface area contributed by atoms with Crippen molar-refractivity contribution in [1.29, 1.82) is 0 Å². The molecule has 0 aliphatic carbocycles. The lowest BCUT2D eigenvalue weighted by Gasteiger charge is -2.18. The molecule has 2 atom stereocenters. The van der Waals surface area contributed by atoms with Crippen molar-refractivity contribution in [2.75, 3.05) is 26.9 Å². The van der Waals surface area contributed by atoms with E-state index in [4.69, 9.17) is 18.5 Å². The summed E-state index contributed by atoms with van der Waals surface area (Å²) in [5.41, 5.74) is 3.13. The summed E-state index contributed by atoms with van der Waals surface area (Å²) in [5, 5.41) is 2.80. The van der Waals surface area contributed by atoms with Crippen LogP contribution in [0.2, 0.25) is 0 Å². The molecular weight excluding hydrogens is 571 g/mol. The highest BCUT2D eigenvalue weighted by Crippen LogP contribution is 2.35. The third kappa shape index (κ3) is 18.0. The van der Waals surface area contributed by atoms with Crippen LogP contribution in [0.4, 0.5) is 4.79 Å². The van der Waals surface area contributed by atoms with Gasteiger partial charge in [0.2, 0.25) is 5.51 Å². The standard InChI is InChI=1S/C32H53N2O6PS/c1-4-5-6-7-8-9-10-11-12-13-14-15-16-17-21-33-32(35)38-25-31(37-3)26-39-41(36)40-30-20-18-19-29(22-30)24-34-23-28(2)42-27-34/h18-20,22-23,27,31,36H,4-17,21,24-26H2,1-3H3/p+1. The van der Waals surface area contributed by atoms with Gasteiger partial charge in [-0.2, -0.15) is 4.57 Å². The average molecular weight is 626 g/mol. The number of thiazole rings is 1. The van der Waals surface area contributed by atoms with Crippen LogP contribution in [0.25, 0.3) is 0 Å². The predicted molar refractivity (Wildman–Crippen MR) is 171 cm³/mol. The highest BCUT2D eigenvalue weighted by atomic mass is 32.1. The molecule has 2 N–H and O–H groups in total. The summed E-state index contributed by atoms with van der Waals surface area (Å²) in [6.45, 7) is 5.72. The molecule has 1 aromatic carbocycles. The molecule has 1 aromatic heterocycles. The summed E-state index contributed by atoms with van der Waals surface area (Å²) < 4.78 is 23.7. The summed E-state index contributed by atoms with van der Waals surface area (Å²) >= 11 is 1.69. The van der Waals surface area contributed by atoms with Gasteiger partial charge in [0.1, 0.15) is 18.5 Å². The number of carbonyl (C=O) groups is 1. The number of amides is 1. The lowest BCUT2D eigenvalue weighted by molar-refractivity contribution is -0.683. The smallest absolute Gasteiger partial charge is 0.407 e. The summed E-state index contributed by atoms with van der Waals surface area (Å²) in [6.07, 6.45) is 19.4. The van der Waals surface area contributed by atoms with Crippen LogP contribution in [0.15, 0.2) is 36.0 Å². The molecule has 2 aromatic rings. The summed E-state index contributed by atoms with van der Waals surface area (Å²) in [5.74, 6) is 0.529. The predicted octanol–water partition coefficient (Wildman–Crippen LogP) is 8.23. The zero-order chi connectivity index (χ0) is 30.3. The molecule has 0 aliphatic heterocycles. The molecule has 2 unspecified atom stereocenters. The largest absolute Gasteiger partial charge is 0.447 e. The van der Waals surface area contributed by atoms with Gasteiger partial charge < -0.3 is 24.2 Å². The second-order valence-electron chi connectivity index (χ2n) is 10.9. The van der Waals surface area contributed by atoms with Gasteiger partial charge in [-0.3, -0.25) is 4.52 Å². The highest BCUT2D eigenvalue weighted by molar-refractivity contribution is 7.41. The number of carbonyl (C=O) groups excluding carboxylic acids is 1. The number of alkyl carbamates (subject to hydrolysis) is 1. The lowest BCUT2D eigenvalue weighted by atomic mass is 10.0. The van der Waals surface area contributed by atoms with Crippen molar-refractivity contribution in [2.45, 2.75) is 116 Å². The summed E-state index contributed by atoms with van der Waals surface area (Å²) in [4.78, 5) is 23.5. The zero-order valence-electron chi connectivity index (χ0n) is 26.1. The topological polar surface area (TPSA) is 90.1 Å². The fourth-order valence-corrected chi connectivity index (χ4v) is 5.89. The van der Waals surface area contributed by atoms with Gasteiger partial charge in [0.15, 0.2) is 12.7 Å². The molecule has 0 saturated heterocycles. The van der Waals surface area contributed by atoms with Crippen LogP contribution >= 0.6 is 19.9 Å². The van der Waals surface area contributed by atoms with Gasteiger partial charge in [0.25, 0.3) is 0 Å². The Morgan fingerprint density at radius 3 is 2.21 bits per heavy atom. The Balaban J connectivity index is 1.46. The molecule has 42 heavy (non-hydrogen) atoms. The first-order valence-electron chi connectivity index (χ1n) is 15.8. The maximum Gasteiger partial charge on any atom is 0.407 e. The minimum absolute atomic E-state index is 0.0248. The van der Waals surface area contributed by atoms with Crippen LogP contribution in [0.1, 0.15) is 107 Å². The van der Waals surface area contributed by atoms with E-state index in [0.717, 1.165) is 24.9 Å². The van der Waals surface area contributed by atoms with Crippen molar-refractivity contribution in [2.24, 2.45) is 0 Å². The molecule has 0 spiro atoms. The Labute approximate surface area is 259 Å². The van der Waals surface area contributed by atoms with E-state index in [1.807, 2.05) is 18.2 Å². The van der Waals surface area contributed by atoms with E-state index in [1.54, 1.807) is 17.4 Å². The average Bonchev–Trinajstić information content (AvgIpc) is 3.39. The Morgan fingerprint density at radius 2 is 1.62 bits per heavy atom. The SMILES string of the molecule is CCCCCCCCCCCCCCCCNC(=O)OCC(COP(O)Oc1cccc(C[n+]2csc(C)c2)c1)OC. The van der Waals surface area contributed by atoms with Crippen molar-refractivity contribution in [3.63, 3.8) is 0 Å². The maximum atomic E-state index is 12.0. The molecule has 1 heterocycles. The van der Waals surface area contributed by atoms with E-state index in [2.05, 4.69) is 35.4 Å². The molecule has 0 fully saturated rings. The van der Waals surface area contributed by atoms with Gasteiger partial charge in [-0.15, -0.1) is 0 Å². The van der Waals surface area contributed by atoms with E-state index in [-0.39, 0.29) is 13.2 Å². The third-order valence-corrected chi connectivity index (χ3v) is 8.66. The fourth-order valence-electron chi connectivity index (χ4n) is 4.62. The van der Waals surface area contributed by atoms with Crippen molar-refractivity contribution < 1.29 is 32.8 Å². The first-order valence-corrected chi connectivity index (χ1v) is 17.8. The monoisotopic (exact) mass is 625 g/mol. The number of aromatic nitrogens is 1. The second kappa shape index (κ2) is 23.7. The van der Waals surface area contributed by atoms with E-state index in [0.29, 0.717) is 12.3 Å². The van der Waals surface area contributed by atoms with Crippen LogP contribution in [0.3, 0.4) is 0 Å². The van der Waals surface area contributed by atoms with Gasteiger partial charge in [-0.1, -0.05) is 114 Å². The van der Waals surface area contributed by atoms with Crippen molar-refractivity contribution in [3.05, 3.63) is 46.4 Å². The normalized spacial score (nSPS) is 12.7. The molecule has 0 bridgehead atoms. The number of benzene rings is 1. The molecule has 1 amide bonds. The van der Waals surface area contributed by atoms with Crippen LogP contribution in [-0.4, -0.2) is 44.0 Å². The summed E-state index contributed by atoms with van der Waals surface area (Å²) in [7, 11) is -0.644. The fraction of sp³-hybridized carbons (Fsp3) is 0.688. The van der Waals surface area contributed by atoms with Gasteiger partial charge in [0.05, 0.1) is 11.5 Å². The molecule has 2 rings (SSSR count). The van der Waals surface area contributed by atoms with Crippen LogP contribution in [-0.2, 0) is 20.5 Å². The van der Waals surface area contributed by atoms with Crippen molar-refractivity contribution in [1.82, 2.24) is 5.32 Å². The highest BCUT2D eigenvalue weighted by Gasteiger charge is 2.17. The zero-order valence-corrected chi connectivity index (χ0v) is 27.8. The molecule has 10 heteroatoms. The van der Waals surface area contributed by atoms with Crippen molar-refractivity contribution >= 4 is 26.0 Å².